The zero-order chi connectivity index (χ0) is 14.5. The van der Waals surface area contributed by atoms with Crippen molar-refractivity contribution in [3.63, 3.8) is 0 Å². The van der Waals surface area contributed by atoms with E-state index in [-0.39, 0.29) is 5.56 Å². The molecule has 0 radical (unpaired) electrons. The molecule has 0 bridgehead atoms. The van der Waals surface area contributed by atoms with Gasteiger partial charge >= 0.3 is 0 Å². The van der Waals surface area contributed by atoms with Crippen LogP contribution in [-0.4, -0.2) is 15.2 Å². The molecule has 0 aliphatic carbocycles. The van der Waals surface area contributed by atoms with Gasteiger partial charge in [-0.1, -0.05) is 18.7 Å². The van der Waals surface area contributed by atoms with Crippen molar-refractivity contribution in [3.8, 4) is 0 Å². The number of H-pyrrole nitrogens is 1. The first-order chi connectivity index (χ1) is 9.61. The van der Waals surface area contributed by atoms with Crippen LogP contribution >= 0.6 is 0 Å². The first-order valence-corrected chi connectivity index (χ1v) is 6.19. The lowest BCUT2D eigenvalue weighted by atomic mass is 10.1. The summed E-state index contributed by atoms with van der Waals surface area (Å²) >= 11 is 0. The van der Waals surface area contributed by atoms with E-state index in [4.69, 9.17) is 5.73 Å². The molecular weight excluding hydrogens is 252 g/mol. The molecular formula is C15H16N4O. The fourth-order valence-corrected chi connectivity index (χ4v) is 1.97. The summed E-state index contributed by atoms with van der Waals surface area (Å²) < 4.78 is 0. The molecule has 2 rings (SSSR count). The van der Waals surface area contributed by atoms with Crippen molar-refractivity contribution in [2.24, 2.45) is 5.73 Å². The number of aromatic nitrogens is 3. The summed E-state index contributed by atoms with van der Waals surface area (Å²) in [7, 11) is 0. The Morgan fingerprint density at radius 3 is 3.05 bits per heavy atom. The average molecular weight is 268 g/mol. The molecule has 0 spiro atoms. The van der Waals surface area contributed by atoms with E-state index in [0.717, 1.165) is 5.57 Å². The molecule has 0 amide bonds. The Balaban J connectivity index is 2.51. The molecule has 2 aromatic heterocycles. The van der Waals surface area contributed by atoms with Crippen LogP contribution in [0, 0.1) is 0 Å². The molecule has 3 N–H and O–H groups in total. The van der Waals surface area contributed by atoms with Gasteiger partial charge in [-0.25, -0.2) is 5.10 Å². The highest BCUT2D eigenvalue weighted by atomic mass is 16.1. The second kappa shape index (κ2) is 5.97. The number of pyridine rings is 1. The smallest absolute Gasteiger partial charge is 0.273 e. The van der Waals surface area contributed by atoms with E-state index >= 15 is 0 Å². The van der Waals surface area contributed by atoms with Gasteiger partial charge in [-0.2, -0.15) is 5.10 Å². The van der Waals surface area contributed by atoms with Crippen molar-refractivity contribution in [2.45, 2.75) is 13.3 Å². The molecule has 0 aliphatic heterocycles. The van der Waals surface area contributed by atoms with Gasteiger partial charge in [-0.15, -0.1) is 0 Å². The van der Waals surface area contributed by atoms with Gasteiger partial charge in [-0.05, 0) is 30.7 Å². The second-order valence-electron chi connectivity index (χ2n) is 4.44. The third-order valence-corrected chi connectivity index (χ3v) is 2.73. The minimum atomic E-state index is -0.239. The van der Waals surface area contributed by atoms with Gasteiger partial charge in [0.15, 0.2) is 0 Å². The number of aromatic amines is 1. The zero-order valence-electron chi connectivity index (χ0n) is 11.3. The number of nitrogens with one attached hydrogen (secondary N) is 1. The largest absolute Gasteiger partial charge is 0.402 e. The maximum absolute atomic E-state index is 11.7. The Bertz CT molecular complexity index is 752. The van der Waals surface area contributed by atoms with Gasteiger partial charge in [0.05, 0.1) is 16.6 Å². The van der Waals surface area contributed by atoms with Crippen LogP contribution < -0.4 is 11.3 Å². The Hall–Kier alpha value is -2.69. The molecule has 0 atom stereocenters. The van der Waals surface area contributed by atoms with E-state index in [0.29, 0.717) is 28.7 Å². The molecule has 5 heteroatoms. The normalized spacial score (nSPS) is 12.7. The Kier molecular flexibility index (Phi) is 4.10. The van der Waals surface area contributed by atoms with E-state index in [9.17, 15) is 4.79 Å². The highest BCUT2D eigenvalue weighted by Crippen LogP contribution is 2.14. The van der Waals surface area contributed by atoms with Gasteiger partial charge in [-0.3, -0.25) is 9.78 Å². The molecule has 0 saturated heterocycles. The highest BCUT2D eigenvalue weighted by Gasteiger charge is 2.08. The molecule has 2 aromatic rings. The van der Waals surface area contributed by atoms with Gasteiger partial charge in [0, 0.05) is 18.3 Å². The van der Waals surface area contributed by atoms with E-state index in [1.807, 2.05) is 19.1 Å². The van der Waals surface area contributed by atoms with Crippen LogP contribution in [0.4, 0.5) is 0 Å². The third kappa shape index (κ3) is 3.00. The Morgan fingerprint density at radius 1 is 1.55 bits per heavy atom. The van der Waals surface area contributed by atoms with Crippen LogP contribution in [0.5, 0.6) is 0 Å². The minimum absolute atomic E-state index is 0.239. The van der Waals surface area contributed by atoms with Crippen molar-refractivity contribution in [1.82, 2.24) is 15.2 Å². The number of hydrogen-bond acceptors (Lipinski definition) is 4. The monoisotopic (exact) mass is 268 g/mol. The van der Waals surface area contributed by atoms with Crippen LogP contribution in [-0.2, 0) is 6.42 Å². The molecule has 0 aromatic carbocycles. The lowest BCUT2D eigenvalue weighted by Crippen LogP contribution is -2.12. The van der Waals surface area contributed by atoms with E-state index in [2.05, 4.69) is 21.8 Å². The number of hydrogen-bond donors (Lipinski definition) is 2. The van der Waals surface area contributed by atoms with Crippen LogP contribution in [0.3, 0.4) is 0 Å². The minimum Gasteiger partial charge on any atom is -0.402 e. The Morgan fingerprint density at radius 2 is 2.35 bits per heavy atom. The molecule has 0 saturated carbocycles. The molecule has 0 unspecified atom stereocenters. The average Bonchev–Trinajstić information content (AvgIpc) is 2.42. The maximum atomic E-state index is 11.7. The summed E-state index contributed by atoms with van der Waals surface area (Å²) in [6.07, 6.45) is 7.57. The van der Waals surface area contributed by atoms with Gasteiger partial charge in [0.2, 0.25) is 0 Å². The van der Waals surface area contributed by atoms with Gasteiger partial charge < -0.3 is 5.73 Å². The van der Waals surface area contributed by atoms with E-state index < -0.39 is 0 Å². The first kappa shape index (κ1) is 13.7. The summed E-state index contributed by atoms with van der Waals surface area (Å²) in [6.45, 7) is 5.50. The van der Waals surface area contributed by atoms with E-state index in [1.165, 1.54) is 0 Å². The predicted octanol–water partition coefficient (Wildman–Crippen LogP) is 1.84. The zero-order valence-corrected chi connectivity index (χ0v) is 11.3. The summed E-state index contributed by atoms with van der Waals surface area (Å²) in [5.74, 6) is 0. The Labute approximate surface area is 116 Å². The molecule has 2 heterocycles. The number of nitrogens with two attached hydrogens (primary N) is 1. The molecule has 0 fully saturated rings. The summed E-state index contributed by atoms with van der Waals surface area (Å²) in [5.41, 5.74) is 8.42. The van der Waals surface area contributed by atoms with Crippen LogP contribution in [0.15, 0.2) is 59.2 Å². The molecule has 0 aliphatic rings. The predicted molar refractivity (Wildman–Crippen MR) is 80.1 cm³/mol. The van der Waals surface area contributed by atoms with Crippen molar-refractivity contribution in [1.29, 1.82) is 0 Å². The third-order valence-electron chi connectivity index (χ3n) is 2.73. The van der Waals surface area contributed by atoms with Crippen LogP contribution in [0.2, 0.25) is 0 Å². The first-order valence-electron chi connectivity index (χ1n) is 6.19. The molecule has 5 nitrogen and oxygen atoms in total. The second-order valence-corrected chi connectivity index (χ2v) is 4.44. The van der Waals surface area contributed by atoms with E-state index in [1.54, 1.807) is 24.4 Å². The number of rotatable bonds is 4. The number of nitrogens with zero attached hydrogens (tertiary/aromatic N) is 2. The fraction of sp³-hybridized carbons (Fsp3) is 0.133. The quantitative estimate of drug-likeness (QED) is 0.828. The van der Waals surface area contributed by atoms with Gasteiger partial charge in [0.25, 0.3) is 5.56 Å². The number of fused-ring (bicyclic) bond motifs is 1. The van der Waals surface area contributed by atoms with Gasteiger partial charge in [0.1, 0.15) is 0 Å². The van der Waals surface area contributed by atoms with Crippen LogP contribution in [0.25, 0.3) is 10.9 Å². The summed E-state index contributed by atoms with van der Waals surface area (Å²) in [5, 5.41) is 7.12. The highest BCUT2D eigenvalue weighted by molar-refractivity contribution is 5.79. The lowest BCUT2D eigenvalue weighted by molar-refractivity contribution is 0.926. The summed E-state index contributed by atoms with van der Waals surface area (Å²) in [4.78, 5) is 15.9. The van der Waals surface area contributed by atoms with Crippen LogP contribution in [0.1, 0.15) is 12.6 Å². The van der Waals surface area contributed by atoms with Crippen molar-refractivity contribution < 1.29 is 0 Å². The molecule has 102 valence electrons. The fourth-order valence-electron chi connectivity index (χ4n) is 1.97. The number of allylic oxidation sites excluding steroid dienone is 5. The van der Waals surface area contributed by atoms with Crippen molar-refractivity contribution in [2.75, 3.05) is 0 Å². The summed E-state index contributed by atoms with van der Waals surface area (Å²) in [6, 6.07) is 3.46. The van der Waals surface area contributed by atoms with Crippen molar-refractivity contribution in [3.05, 3.63) is 70.5 Å². The standard InChI is InChI=1S/C15H16N4O/c1-3-5-11(8-10(2)16)9-13-14-12(6-4-7-17-14)15(20)19-18-13/h3-8H,1,9,16H2,2H3,(H,19,20)/b10-8+,11-5+. The topological polar surface area (TPSA) is 84.7 Å². The SMILES string of the molecule is C=C/C=C(\C=C(/C)N)Cc1n[nH]c(=O)c2cccnc12. The molecule has 20 heavy (non-hydrogen) atoms. The van der Waals surface area contributed by atoms with Crippen molar-refractivity contribution >= 4 is 10.9 Å². The maximum Gasteiger partial charge on any atom is 0.273 e. The lowest BCUT2D eigenvalue weighted by Gasteiger charge is -2.05.